The first-order valence-electron chi connectivity index (χ1n) is 7.99. The summed E-state index contributed by atoms with van der Waals surface area (Å²) in [6.07, 6.45) is 6.81. The highest BCUT2D eigenvalue weighted by Gasteiger charge is 2.21. The maximum absolute atomic E-state index is 13.8. The number of rotatable bonds is 3. The molecule has 7 heteroatoms. The Kier molecular flexibility index (Phi) is 3.90. The zero-order chi connectivity index (χ0) is 16.4. The maximum atomic E-state index is 13.8. The summed E-state index contributed by atoms with van der Waals surface area (Å²) >= 11 is 0. The Labute approximate surface area is 138 Å². The molecular weight excluding hydrogens is 307 g/mol. The van der Waals surface area contributed by atoms with Crippen molar-refractivity contribution >= 4 is 22.7 Å². The van der Waals surface area contributed by atoms with Gasteiger partial charge in [0.25, 0.3) is 0 Å². The van der Waals surface area contributed by atoms with Gasteiger partial charge in [0.1, 0.15) is 23.5 Å². The average molecular weight is 324 g/mol. The Balaban J connectivity index is 1.47. The van der Waals surface area contributed by atoms with E-state index >= 15 is 0 Å². The molecule has 0 spiro atoms. The molecule has 0 aliphatic carbocycles. The minimum atomic E-state index is -0.325. The Bertz CT molecular complexity index is 833. The van der Waals surface area contributed by atoms with Crippen molar-refractivity contribution in [3.63, 3.8) is 0 Å². The zero-order valence-electron chi connectivity index (χ0n) is 13.1. The number of fused-ring (bicyclic) bond motifs is 1. The molecular formula is C17H17FN6. The Hall–Kier alpha value is -2.83. The smallest absolute Gasteiger partial charge is 0.225 e. The summed E-state index contributed by atoms with van der Waals surface area (Å²) in [5.74, 6) is 1.13. The van der Waals surface area contributed by atoms with Crippen molar-refractivity contribution in [3.05, 3.63) is 48.8 Å². The predicted octanol–water partition coefficient (Wildman–Crippen LogP) is 2.64. The van der Waals surface area contributed by atoms with Crippen LogP contribution in [-0.2, 0) is 0 Å². The number of nitrogens with zero attached hydrogens (tertiary/aromatic N) is 5. The van der Waals surface area contributed by atoms with Gasteiger partial charge in [0, 0.05) is 36.9 Å². The molecule has 24 heavy (non-hydrogen) atoms. The van der Waals surface area contributed by atoms with E-state index in [-0.39, 0.29) is 11.9 Å². The van der Waals surface area contributed by atoms with Crippen molar-refractivity contribution in [2.24, 2.45) is 0 Å². The lowest BCUT2D eigenvalue weighted by Crippen LogP contribution is -2.40. The molecule has 0 bridgehead atoms. The van der Waals surface area contributed by atoms with E-state index in [0.717, 1.165) is 31.9 Å². The summed E-state index contributed by atoms with van der Waals surface area (Å²) in [6.45, 7) is 1.75. The van der Waals surface area contributed by atoms with Gasteiger partial charge in [-0.05, 0) is 31.0 Å². The average Bonchev–Trinajstić information content (AvgIpc) is 2.64. The fraction of sp³-hybridized carbons (Fsp3) is 0.294. The first kappa shape index (κ1) is 14.7. The van der Waals surface area contributed by atoms with E-state index < -0.39 is 0 Å². The largest absolute Gasteiger partial charge is 0.367 e. The van der Waals surface area contributed by atoms with Gasteiger partial charge in [0.05, 0.1) is 0 Å². The standard InChI is InChI=1S/C17H17FN6/c18-14-4-1-3-13-15(14)21-11-22-16(13)23-12-5-9-24(10-6-12)17-19-7-2-8-20-17/h1-4,7-8,11-12H,5-6,9-10H2,(H,21,22,23). The third kappa shape index (κ3) is 2.84. The minimum Gasteiger partial charge on any atom is -0.367 e. The second kappa shape index (κ2) is 6.35. The van der Waals surface area contributed by atoms with Gasteiger partial charge >= 0.3 is 0 Å². The highest BCUT2D eigenvalue weighted by molar-refractivity contribution is 5.89. The highest BCUT2D eigenvalue weighted by atomic mass is 19.1. The van der Waals surface area contributed by atoms with Gasteiger partial charge < -0.3 is 10.2 Å². The van der Waals surface area contributed by atoms with Crippen molar-refractivity contribution in [1.29, 1.82) is 0 Å². The van der Waals surface area contributed by atoms with E-state index in [1.165, 1.54) is 12.4 Å². The number of halogens is 1. The van der Waals surface area contributed by atoms with Crippen molar-refractivity contribution in [2.75, 3.05) is 23.3 Å². The van der Waals surface area contributed by atoms with Gasteiger partial charge in [0.2, 0.25) is 5.95 Å². The highest BCUT2D eigenvalue weighted by Crippen LogP contribution is 2.24. The fourth-order valence-corrected chi connectivity index (χ4v) is 3.04. The van der Waals surface area contributed by atoms with Gasteiger partial charge in [-0.25, -0.2) is 24.3 Å². The number of benzene rings is 1. The Morgan fingerprint density at radius 1 is 1.00 bits per heavy atom. The second-order valence-corrected chi connectivity index (χ2v) is 5.81. The first-order valence-corrected chi connectivity index (χ1v) is 7.99. The molecule has 122 valence electrons. The SMILES string of the molecule is Fc1cccc2c(NC3CCN(c4ncccn4)CC3)ncnc12. The van der Waals surface area contributed by atoms with E-state index in [9.17, 15) is 4.39 Å². The number of nitrogens with one attached hydrogen (secondary N) is 1. The molecule has 0 radical (unpaired) electrons. The summed E-state index contributed by atoms with van der Waals surface area (Å²) < 4.78 is 13.8. The second-order valence-electron chi connectivity index (χ2n) is 5.81. The molecule has 2 aromatic heterocycles. The molecule has 0 amide bonds. The van der Waals surface area contributed by atoms with Crippen LogP contribution in [0.25, 0.3) is 10.9 Å². The zero-order valence-corrected chi connectivity index (χ0v) is 13.1. The van der Waals surface area contributed by atoms with E-state index in [0.29, 0.717) is 16.7 Å². The molecule has 1 N–H and O–H groups in total. The number of hydrogen-bond donors (Lipinski definition) is 1. The van der Waals surface area contributed by atoms with Gasteiger partial charge in [0.15, 0.2) is 0 Å². The molecule has 3 heterocycles. The van der Waals surface area contributed by atoms with Crippen LogP contribution in [0.15, 0.2) is 43.0 Å². The van der Waals surface area contributed by atoms with E-state index in [4.69, 9.17) is 0 Å². The van der Waals surface area contributed by atoms with Crippen molar-refractivity contribution < 1.29 is 4.39 Å². The summed E-state index contributed by atoms with van der Waals surface area (Å²) in [5, 5.41) is 4.15. The molecule has 1 aliphatic heterocycles. The number of hydrogen-bond acceptors (Lipinski definition) is 6. The van der Waals surface area contributed by atoms with Crippen LogP contribution in [-0.4, -0.2) is 39.1 Å². The molecule has 0 atom stereocenters. The van der Waals surface area contributed by atoms with Crippen molar-refractivity contribution in [1.82, 2.24) is 19.9 Å². The van der Waals surface area contributed by atoms with Crippen LogP contribution in [0.2, 0.25) is 0 Å². The van der Waals surface area contributed by atoms with Crippen LogP contribution in [0.1, 0.15) is 12.8 Å². The third-order valence-electron chi connectivity index (χ3n) is 4.29. The minimum absolute atomic E-state index is 0.284. The third-order valence-corrected chi connectivity index (χ3v) is 4.29. The van der Waals surface area contributed by atoms with E-state index in [1.54, 1.807) is 18.5 Å². The molecule has 1 aliphatic rings. The summed E-state index contributed by atoms with van der Waals surface area (Å²) in [6, 6.07) is 7.04. The molecule has 0 saturated carbocycles. The Morgan fingerprint density at radius 2 is 1.79 bits per heavy atom. The molecule has 1 aromatic carbocycles. The molecule has 3 aromatic rings. The lowest BCUT2D eigenvalue weighted by atomic mass is 10.0. The molecule has 0 unspecified atom stereocenters. The number of anilines is 2. The summed E-state index contributed by atoms with van der Waals surface area (Å²) in [7, 11) is 0. The van der Waals surface area contributed by atoms with Crippen LogP contribution >= 0.6 is 0 Å². The predicted molar refractivity (Wildman–Crippen MR) is 90.4 cm³/mol. The van der Waals surface area contributed by atoms with Gasteiger partial charge in [-0.1, -0.05) is 6.07 Å². The van der Waals surface area contributed by atoms with Crippen LogP contribution in [0.4, 0.5) is 16.2 Å². The van der Waals surface area contributed by atoms with Crippen LogP contribution in [0.5, 0.6) is 0 Å². The van der Waals surface area contributed by atoms with Gasteiger partial charge in [-0.3, -0.25) is 0 Å². The molecule has 1 saturated heterocycles. The topological polar surface area (TPSA) is 66.8 Å². The van der Waals surface area contributed by atoms with Gasteiger partial charge in [-0.2, -0.15) is 0 Å². The fourth-order valence-electron chi connectivity index (χ4n) is 3.04. The summed E-state index contributed by atoms with van der Waals surface area (Å²) in [5.41, 5.74) is 0.352. The van der Waals surface area contributed by atoms with Crippen molar-refractivity contribution in [3.8, 4) is 0 Å². The molecule has 4 rings (SSSR count). The normalized spacial score (nSPS) is 15.6. The van der Waals surface area contributed by atoms with Gasteiger partial charge in [-0.15, -0.1) is 0 Å². The van der Waals surface area contributed by atoms with Crippen LogP contribution in [0.3, 0.4) is 0 Å². The lowest BCUT2D eigenvalue weighted by Gasteiger charge is -2.32. The number of piperidine rings is 1. The lowest BCUT2D eigenvalue weighted by molar-refractivity contribution is 0.519. The number of para-hydroxylation sites is 1. The van der Waals surface area contributed by atoms with Crippen LogP contribution < -0.4 is 10.2 Å². The van der Waals surface area contributed by atoms with E-state index in [2.05, 4.69) is 30.2 Å². The van der Waals surface area contributed by atoms with Crippen LogP contribution in [0, 0.1) is 5.82 Å². The Morgan fingerprint density at radius 3 is 2.58 bits per heavy atom. The van der Waals surface area contributed by atoms with E-state index in [1.807, 2.05) is 12.1 Å². The molecule has 1 fully saturated rings. The summed E-state index contributed by atoms with van der Waals surface area (Å²) in [4.78, 5) is 19.1. The monoisotopic (exact) mass is 324 g/mol. The number of aromatic nitrogens is 4. The first-order chi connectivity index (χ1) is 11.8. The maximum Gasteiger partial charge on any atom is 0.225 e. The van der Waals surface area contributed by atoms with Crippen molar-refractivity contribution in [2.45, 2.75) is 18.9 Å². The molecule has 6 nitrogen and oxygen atoms in total. The quantitative estimate of drug-likeness (QED) is 0.799.